The molecule has 0 bridgehead atoms. The van der Waals surface area contributed by atoms with Crippen LogP contribution < -0.4 is 10.6 Å². The summed E-state index contributed by atoms with van der Waals surface area (Å²) in [6, 6.07) is 4.62. The molecule has 1 rings (SSSR count). The minimum Gasteiger partial charge on any atom is -0.459 e. The van der Waals surface area contributed by atoms with Crippen molar-refractivity contribution in [1.29, 1.82) is 0 Å². The van der Waals surface area contributed by atoms with E-state index in [1.807, 2.05) is 6.92 Å². The summed E-state index contributed by atoms with van der Waals surface area (Å²) in [7, 11) is 0. The van der Waals surface area contributed by atoms with E-state index in [4.69, 9.17) is 21.7 Å². The highest BCUT2D eigenvalue weighted by atomic mass is 32.1. The highest BCUT2D eigenvalue weighted by Crippen LogP contribution is 2.18. The molecule has 0 heterocycles. The van der Waals surface area contributed by atoms with Crippen molar-refractivity contribution in [3.05, 3.63) is 29.3 Å². The molecule has 0 aliphatic rings. The fourth-order valence-electron chi connectivity index (χ4n) is 1.84. The van der Waals surface area contributed by atoms with Gasteiger partial charge in [-0.2, -0.15) is 0 Å². The zero-order chi connectivity index (χ0) is 18.3. The Labute approximate surface area is 147 Å². The van der Waals surface area contributed by atoms with Crippen molar-refractivity contribution in [2.45, 2.75) is 46.8 Å². The third kappa shape index (κ3) is 6.54. The number of anilines is 1. The Morgan fingerprint density at radius 2 is 1.46 bits per heavy atom. The molecule has 0 aromatic heterocycles. The Hall–Kier alpha value is -2.15. The van der Waals surface area contributed by atoms with Gasteiger partial charge >= 0.3 is 11.9 Å². The van der Waals surface area contributed by atoms with E-state index in [9.17, 15) is 9.59 Å². The second kappa shape index (κ2) is 9.22. The molecule has 6 nitrogen and oxygen atoms in total. The summed E-state index contributed by atoms with van der Waals surface area (Å²) in [5.74, 6) is -1.02. The van der Waals surface area contributed by atoms with E-state index in [0.29, 0.717) is 17.3 Å². The molecular weight excluding hydrogens is 328 g/mol. The number of hydrogen-bond donors (Lipinski definition) is 2. The highest BCUT2D eigenvalue weighted by Gasteiger charge is 2.17. The van der Waals surface area contributed by atoms with Crippen LogP contribution in [0.25, 0.3) is 0 Å². The molecule has 1 aromatic rings. The number of rotatable bonds is 6. The molecule has 1 aromatic carbocycles. The van der Waals surface area contributed by atoms with E-state index in [1.165, 1.54) is 6.07 Å². The fraction of sp³-hybridized carbons (Fsp3) is 0.471. The van der Waals surface area contributed by atoms with Gasteiger partial charge in [0.1, 0.15) is 0 Å². The third-order valence-electron chi connectivity index (χ3n) is 2.69. The van der Waals surface area contributed by atoms with E-state index in [-0.39, 0.29) is 23.3 Å². The largest absolute Gasteiger partial charge is 0.459 e. The lowest BCUT2D eigenvalue weighted by Crippen LogP contribution is -2.28. The minimum atomic E-state index is -0.512. The van der Waals surface area contributed by atoms with Crippen molar-refractivity contribution in [2.75, 3.05) is 11.9 Å². The standard InChI is InChI=1S/C17H24N2O4S/c1-6-18-17(24)19-14-8-12(15(20)22-10(2)3)7-13(9-14)16(21)23-11(4)5/h7-11H,6H2,1-5H3,(H2,18,19,24). The second-order valence-corrected chi connectivity index (χ2v) is 6.10. The number of nitrogens with one attached hydrogen (secondary N) is 2. The van der Waals surface area contributed by atoms with E-state index < -0.39 is 11.9 Å². The quantitative estimate of drug-likeness (QED) is 0.602. The molecule has 0 unspecified atom stereocenters. The predicted octanol–water partition coefficient (Wildman–Crippen LogP) is 3.12. The Bertz CT molecular complexity index is 574. The minimum absolute atomic E-state index is 0.253. The van der Waals surface area contributed by atoms with Crippen LogP contribution in [0, 0.1) is 0 Å². The first-order valence-corrected chi connectivity index (χ1v) is 8.25. The number of benzene rings is 1. The van der Waals surface area contributed by atoms with Crippen LogP contribution in [0.4, 0.5) is 5.69 Å². The summed E-state index contributed by atoms with van der Waals surface area (Å²) < 4.78 is 10.4. The molecule has 0 aliphatic carbocycles. The summed E-state index contributed by atoms with van der Waals surface area (Å²) in [4.78, 5) is 24.3. The van der Waals surface area contributed by atoms with Crippen LogP contribution in [-0.2, 0) is 9.47 Å². The maximum Gasteiger partial charge on any atom is 0.338 e. The Morgan fingerprint density at radius 1 is 1.00 bits per heavy atom. The SMILES string of the molecule is CCNC(=S)Nc1cc(C(=O)OC(C)C)cc(C(=O)OC(C)C)c1. The van der Waals surface area contributed by atoms with Gasteiger partial charge < -0.3 is 20.1 Å². The maximum absolute atomic E-state index is 12.2. The average Bonchev–Trinajstić information content (AvgIpc) is 2.45. The fourth-order valence-corrected chi connectivity index (χ4v) is 2.10. The van der Waals surface area contributed by atoms with Gasteiger partial charge in [0.05, 0.1) is 23.3 Å². The third-order valence-corrected chi connectivity index (χ3v) is 2.93. The van der Waals surface area contributed by atoms with Crippen molar-refractivity contribution in [3.8, 4) is 0 Å². The van der Waals surface area contributed by atoms with Crippen LogP contribution >= 0.6 is 12.2 Å². The van der Waals surface area contributed by atoms with Gasteiger partial charge in [0.15, 0.2) is 5.11 Å². The van der Waals surface area contributed by atoms with E-state index in [2.05, 4.69) is 10.6 Å². The smallest absolute Gasteiger partial charge is 0.338 e. The summed E-state index contributed by atoms with van der Waals surface area (Å²) in [5, 5.41) is 6.29. The summed E-state index contributed by atoms with van der Waals surface area (Å²) >= 11 is 5.14. The zero-order valence-electron chi connectivity index (χ0n) is 14.6. The normalized spacial score (nSPS) is 10.5. The summed E-state index contributed by atoms with van der Waals surface area (Å²) in [6.07, 6.45) is -0.522. The first-order chi connectivity index (χ1) is 11.2. The molecule has 132 valence electrons. The van der Waals surface area contributed by atoms with Crippen molar-refractivity contribution >= 4 is 35.0 Å². The van der Waals surface area contributed by atoms with Crippen molar-refractivity contribution in [1.82, 2.24) is 5.32 Å². The summed E-state index contributed by atoms with van der Waals surface area (Å²) in [6.45, 7) is 9.60. The molecule has 0 amide bonds. The number of esters is 2. The lowest BCUT2D eigenvalue weighted by atomic mass is 10.1. The topological polar surface area (TPSA) is 76.7 Å². The average molecular weight is 352 g/mol. The van der Waals surface area contributed by atoms with Gasteiger partial charge in [0.25, 0.3) is 0 Å². The number of carbonyl (C=O) groups excluding carboxylic acids is 2. The van der Waals surface area contributed by atoms with Gasteiger partial charge in [-0.1, -0.05) is 0 Å². The molecular formula is C17H24N2O4S. The molecule has 0 saturated carbocycles. The van der Waals surface area contributed by atoms with Crippen molar-refractivity contribution < 1.29 is 19.1 Å². The predicted molar refractivity (Wildman–Crippen MR) is 97.4 cm³/mol. The molecule has 0 saturated heterocycles. The zero-order valence-corrected chi connectivity index (χ0v) is 15.5. The van der Waals surface area contributed by atoms with Crippen LogP contribution in [-0.4, -0.2) is 35.8 Å². The first kappa shape index (κ1) is 19.9. The van der Waals surface area contributed by atoms with E-state index >= 15 is 0 Å². The molecule has 24 heavy (non-hydrogen) atoms. The monoisotopic (exact) mass is 352 g/mol. The van der Waals surface area contributed by atoms with Gasteiger partial charge in [0.2, 0.25) is 0 Å². The number of hydrogen-bond acceptors (Lipinski definition) is 5. The molecule has 0 fully saturated rings. The molecule has 2 N–H and O–H groups in total. The molecule has 0 aliphatic heterocycles. The van der Waals surface area contributed by atoms with Crippen LogP contribution in [0.15, 0.2) is 18.2 Å². The lowest BCUT2D eigenvalue weighted by molar-refractivity contribution is 0.0378. The van der Waals surface area contributed by atoms with Gasteiger partial charge in [-0.05, 0) is 65.0 Å². The van der Waals surface area contributed by atoms with Gasteiger partial charge in [-0.3, -0.25) is 0 Å². The second-order valence-electron chi connectivity index (χ2n) is 5.69. The van der Waals surface area contributed by atoms with Crippen molar-refractivity contribution in [2.24, 2.45) is 0 Å². The first-order valence-electron chi connectivity index (χ1n) is 7.84. The van der Waals surface area contributed by atoms with E-state index in [0.717, 1.165) is 0 Å². The highest BCUT2D eigenvalue weighted by molar-refractivity contribution is 7.80. The van der Waals surface area contributed by atoms with Gasteiger partial charge in [-0.25, -0.2) is 9.59 Å². The Kier molecular flexibility index (Phi) is 7.64. The van der Waals surface area contributed by atoms with Crippen LogP contribution in [0.1, 0.15) is 55.3 Å². The van der Waals surface area contributed by atoms with Gasteiger partial charge in [-0.15, -0.1) is 0 Å². The van der Waals surface area contributed by atoms with Crippen molar-refractivity contribution in [3.63, 3.8) is 0 Å². The van der Waals surface area contributed by atoms with Crippen LogP contribution in [0.2, 0.25) is 0 Å². The Morgan fingerprint density at radius 3 is 1.83 bits per heavy atom. The molecule has 0 spiro atoms. The lowest BCUT2D eigenvalue weighted by Gasteiger charge is -2.14. The summed E-state index contributed by atoms with van der Waals surface area (Å²) in [5.41, 5.74) is 1.02. The van der Waals surface area contributed by atoms with Gasteiger partial charge in [0, 0.05) is 12.2 Å². The maximum atomic E-state index is 12.2. The molecule has 0 atom stereocenters. The number of ether oxygens (including phenoxy) is 2. The number of carbonyl (C=O) groups is 2. The molecule has 0 radical (unpaired) electrons. The Balaban J connectivity index is 3.15. The number of thiocarbonyl (C=S) groups is 1. The molecule has 7 heteroatoms. The van der Waals surface area contributed by atoms with Crippen LogP contribution in [0.5, 0.6) is 0 Å². The van der Waals surface area contributed by atoms with E-state index in [1.54, 1.807) is 39.8 Å². The van der Waals surface area contributed by atoms with Crippen LogP contribution in [0.3, 0.4) is 0 Å².